The van der Waals surface area contributed by atoms with Gasteiger partial charge in [-0.3, -0.25) is 9.69 Å². The van der Waals surface area contributed by atoms with Crippen molar-refractivity contribution in [3.8, 4) is 12.3 Å². The van der Waals surface area contributed by atoms with E-state index < -0.39 is 0 Å². The number of nitrogens with one attached hydrogen (secondary N) is 1. The minimum absolute atomic E-state index is 0.00604. The third-order valence-electron chi connectivity index (χ3n) is 2.39. The summed E-state index contributed by atoms with van der Waals surface area (Å²) in [6.45, 7) is 4.57. The summed E-state index contributed by atoms with van der Waals surface area (Å²) >= 11 is 0. The fourth-order valence-corrected chi connectivity index (χ4v) is 1.52. The Morgan fingerprint density at radius 3 is 3.23 bits per heavy atom. The lowest BCUT2D eigenvalue weighted by Gasteiger charge is -2.32. The van der Waals surface area contributed by atoms with Crippen molar-refractivity contribution in [3.05, 3.63) is 0 Å². The van der Waals surface area contributed by atoms with Gasteiger partial charge in [-0.1, -0.05) is 0 Å². The van der Waals surface area contributed by atoms with Crippen molar-refractivity contribution in [2.75, 3.05) is 19.6 Å². The molecule has 1 rings (SSSR count). The molecule has 0 aromatic heterocycles. The zero-order valence-corrected chi connectivity index (χ0v) is 8.05. The highest BCUT2D eigenvalue weighted by Crippen LogP contribution is 2.05. The number of rotatable bonds is 3. The van der Waals surface area contributed by atoms with Gasteiger partial charge in [0, 0.05) is 19.5 Å². The van der Waals surface area contributed by atoms with Crippen LogP contribution < -0.4 is 5.32 Å². The van der Waals surface area contributed by atoms with Crippen molar-refractivity contribution in [1.82, 2.24) is 10.2 Å². The molecule has 1 N–H and O–H groups in total. The fourth-order valence-electron chi connectivity index (χ4n) is 1.52. The lowest BCUT2D eigenvalue weighted by molar-refractivity contribution is -0.128. The van der Waals surface area contributed by atoms with Gasteiger partial charge in [0.2, 0.25) is 5.91 Å². The van der Waals surface area contributed by atoms with E-state index in [1.807, 2.05) is 6.92 Å². The first-order valence-corrected chi connectivity index (χ1v) is 4.71. The smallest absolute Gasteiger partial charge is 0.237 e. The average molecular weight is 180 g/mol. The highest BCUT2D eigenvalue weighted by atomic mass is 16.2. The summed E-state index contributed by atoms with van der Waals surface area (Å²) in [6, 6.07) is 0.00604. The van der Waals surface area contributed by atoms with Crippen LogP contribution in [0.15, 0.2) is 0 Å². The van der Waals surface area contributed by atoms with E-state index in [-0.39, 0.29) is 11.9 Å². The number of unbranched alkanes of at least 4 members (excludes halogenated alkanes) is 1. The van der Waals surface area contributed by atoms with Gasteiger partial charge in [0.05, 0.1) is 6.04 Å². The van der Waals surface area contributed by atoms with E-state index in [4.69, 9.17) is 6.42 Å². The summed E-state index contributed by atoms with van der Waals surface area (Å²) in [7, 11) is 0. The quantitative estimate of drug-likeness (QED) is 0.498. The Labute approximate surface area is 79.5 Å². The molecule has 0 radical (unpaired) electrons. The SMILES string of the molecule is C#CCCCN1CCNC(=O)C1C. The minimum atomic E-state index is 0.00604. The van der Waals surface area contributed by atoms with Gasteiger partial charge >= 0.3 is 0 Å². The van der Waals surface area contributed by atoms with E-state index in [2.05, 4.69) is 16.1 Å². The second kappa shape index (κ2) is 4.88. The van der Waals surface area contributed by atoms with Gasteiger partial charge in [0.25, 0.3) is 0 Å². The van der Waals surface area contributed by atoms with Gasteiger partial charge in [-0.15, -0.1) is 12.3 Å². The molecular formula is C10H16N2O. The van der Waals surface area contributed by atoms with E-state index in [0.717, 1.165) is 32.5 Å². The first-order chi connectivity index (χ1) is 6.25. The Balaban J connectivity index is 2.32. The predicted molar refractivity (Wildman–Crippen MR) is 52.1 cm³/mol. The van der Waals surface area contributed by atoms with Crippen LogP contribution in [0.25, 0.3) is 0 Å². The molecule has 1 atom stereocenters. The third kappa shape index (κ3) is 2.74. The largest absolute Gasteiger partial charge is 0.353 e. The molecule has 1 aliphatic rings. The monoisotopic (exact) mass is 180 g/mol. The molecule has 0 saturated carbocycles. The molecule has 0 aromatic carbocycles. The van der Waals surface area contributed by atoms with Gasteiger partial charge in [-0.2, -0.15) is 0 Å². The summed E-state index contributed by atoms with van der Waals surface area (Å²) in [5.41, 5.74) is 0. The van der Waals surface area contributed by atoms with Crippen molar-refractivity contribution in [2.45, 2.75) is 25.8 Å². The molecule has 1 unspecified atom stereocenters. The number of carbonyl (C=O) groups excluding carboxylic acids is 1. The predicted octanol–water partition coefficient (Wildman–Crippen LogP) is 0.220. The molecular weight excluding hydrogens is 164 g/mol. The van der Waals surface area contributed by atoms with Crippen molar-refractivity contribution < 1.29 is 4.79 Å². The van der Waals surface area contributed by atoms with Crippen LogP contribution >= 0.6 is 0 Å². The topological polar surface area (TPSA) is 32.3 Å². The highest BCUT2D eigenvalue weighted by molar-refractivity contribution is 5.81. The minimum Gasteiger partial charge on any atom is -0.353 e. The Morgan fingerprint density at radius 1 is 1.77 bits per heavy atom. The van der Waals surface area contributed by atoms with Crippen LogP contribution in [0.5, 0.6) is 0 Å². The molecule has 1 fully saturated rings. The molecule has 1 amide bonds. The van der Waals surface area contributed by atoms with Crippen molar-refractivity contribution in [1.29, 1.82) is 0 Å². The van der Waals surface area contributed by atoms with E-state index in [0.29, 0.717) is 0 Å². The van der Waals surface area contributed by atoms with Crippen molar-refractivity contribution in [2.24, 2.45) is 0 Å². The summed E-state index contributed by atoms with van der Waals surface area (Å²) in [4.78, 5) is 13.4. The summed E-state index contributed by atoms with van der Waals surface area (Å²) in [6.07, 6.45) is 6.94. The van der Waals surface area contributed by atoms with Crippen molar-refractivity contribution in [3.63, 3.8) is 0 Å². The van der Waals surface area contributed by atoms with E-state index in [9.17, 15) is 4.79 Å². The van der Waals surface area contributed by atoms with Gasteiger partial charge in [0.15, 0.2) is 0 Å². The van der Waals surface area contributed by atoms with Crippen LogP contribution in [0.1, 0.15) is 19.8 Å². The van der Waals surface area contributed by atoms with Crippen LogP contribution in [0.4, 0.5) is 0 Å². The van der Waals surface area contributed by atoms with Crippen LogP contribution in [0.2, 0.25) is 0 Å². The highest BCUT2D eigenvalue weighted by Gasteiger charge is 2.24. The first-order valence-electron chi connectivity index (χ1n) is 4.71. The van der Waals surface area contributed by atoms with Gasteiger partial charge < -0.3 is 5.32 Å². The second-order valence-corrected chi connectivity index (χ2v) is 3.31. The number of piperazine rings is 1. The number of nitrogens with zero attached hydrogens (tertiary/aromatic N) is 1. The zero-order chi connectivity index (χ0) is 9.68. The normalized spacial score (nSPS) is 23.7. The van der Waals surface area contributed by atoms with Gasteiger partial charge in [0.1, 0.15) is 0 Å². The number of amides is 1. The van der Waals surface area contributed by atoms with Crippen LogP contribution in [0, 0.1) is 12.3 Å². The molecule has 1 saturated heterocycles. The third-order valence-corrected chi connectivity index (χ3v) is 2.39. The second-order valence-electron chi connectivity index (χ2n) is 3.31. The standard InChI is InChI=1S/C10H16N2O/c1-3-4-5-7-12-8-6-11-10(13)9(12)2/h1,9H,4-8H2,2H3,(H,11,13). The number of terminal acetylenes is 1. The van der Waals surface area contributed by atoms with Crippen LogP contribution in [0.3, 0.4) is 0 Å². The average Bonchev–Trinajstić information content (AvgIpc) is 2.13. The summed E-state index contributed by atoms with van der Waals surface area (Å²) in [5, 5.41) is 2.83. The molecule has 0 spiro atoms. The summed E-state index contributed by atoms with van der Waals surface area (Å²) in [5.74, 6) is 2.74. The Kier molecular flexibility index (Phi) is 3.78. The molecule has 72 valence electrons. The molecule has 0 aliphatic carbocycles. The molecule has 1 heterocycles. The molecule has 0 bridgehead atoms. The van der Waals surface area contributed by atoms with Crippen molar-refractivity contribution >= 4 is 5.91 Å². The van der Waals surface area contributed by atoms with E-state index in [1.54, 1.807) is 0 Å². The van der Waals surface area contributed by atoms with E-state index >= 15 is 0 Å². The maximum absolute atomic E-state index is 11.2. The number of hydrogen-bond acceptors (Lipinski definition) is 2. The maximum Gasteiger partial charge on any atom is 0.237 e. The number of carbonyl (C=O) groups is 1. The lowest BCUT2D eigenvalue weighted by atomic mass is 10.2. The van der Waals surface area contributed by atoms with Crippen LogP contribution in [-0.4, -0.2) is 36.5 Å². The van der Waals surface area contributed by atoms with Crippen LogP contribution in [-0.2, 0) is 4.79 Å². The molecule has 0 aromatic rings. The fraction of sp³-hybridized carbons (Fsp3) is 0.700. The maximum atomic E-state index is 11.2. The van der Waals surface area contributed by atoms with Gasteiger partial charge in [-0.05, 0) is 19.9 Å². The molecule has 3 nitrogen and oxygen atoms in total. The van der Waals surface area contributed by atoms with E-state index in [1.165, 1.54) is 0 Å². The summed E-state index contributed by atoms with van der Waals surface area (Å²) < 4.78 is 0. The lowest BCUT2D eigenvalue weighted by Crippen LogP contribution is -2.53. The molecule has 13 heavy (non-hydrogen) atoms. The molecule has 3 heteroatoms. The Bertz CT molecular complexity index is 219. The Hall–Kier alpha value is -1.01. The Morgan fingerprint density at radius 2 is 2.54 bits per heavy atom. The first kappa shape index (κ1) is 10.1. The molecule has 1 aliphatic heterocycles. The zero-order valence-electron chi connectivity index (χ0n) is 8.05. The van der Waals surface area contributed by atoms with Gasteiger partial charge in [-0.25, -0.2) is 0 Å². The number of hydrogen-bond donors (Lipinski definition) is 1.